The average molecular weight is 804 g/mol. The molecule has 294 valence electrons. The van der Waals surface area contributed by atoms with E-state index >= 15 is 4.39 Å². The fraction of sp³-hybridized carbons (Fsp3) is 0.405. The molecule has 2 saturated heterocycles. The summed E-state index contributed by atoms with van der Waals surface area (Å²) in [6.45, 7) is 7.75. The predicted octanol–water partition coefficient (Wildman–Crippen LogP) is 7.58. The number of ether oxygens (including phenoxy) is 2. The maximum atomic E-state index is 15.7. The SMILES string of the molecule is COc1nc(-c2cccc(-c3ccnc(-c4cc(F)c5c(c4)CCN(C[C@@H]4CCC(=O)N4)C5)c3Cl)c2Cl)ccc1CN(C[C@@H]1CCC(=O)N1)C(=O)OC(C)(C)C. The Balaban J connectivity index is 1.13. The molecule has 0 aliphatic carbocycles. The third-order valence-electron chi connectivity index (χ3n) is 10.3. The summed E-state index contributed by atoms with van der Waals surface area (Å²) in [5.74, 6) is 0.0203. The van der Waals surface area contributed by atoms with Crippen molar-refractivity contribution >= 4 is 41.1 Å². The van der Waals surface area contributed by atoms with Gasteiger partial charge in [-0.1, -0.05) is 41.4 Å². The van der Waals surface area contributed by atoms with Gasteiger partial charge in [0.25, 0.3) is 0 Å². The van der Waals surface area contributed by atoms with E-state index in [0.29, 0.717) is 99.5 Å². The summed E-state index contributed by atoms with van der Waals surface area (Å²) in [6, 6.07) is 14.4. The van der Waals surface area contributed by atoms with Crippen LogP contribution in [-0.2, 0) is 33.8 Å². The van der Waals surface area contributed by atoms with Crippen LogP contribution in [0.4, 0.5) is 9.18 Å². The lowest BCUT2D eigenvalue weighted by Gasteiger charge is -2.31. The number of pyridine rings is 2. The highest BCUT2D eigenvalue weighted by Crippen LogP contribution is 2.42. The number of carbonyl (C=O) groups is 3. The summed E-state index contributed by atoms with van der Waals surface area (Å²) in [5.41, 5.74) is 4.96. The van der Waals surface area contributed by atoms with Crippen molar-refractivity contribution in [1.82, 2.24) is 30.4 Å². The van der Waals surface area contributed by atoms with Crippen molar-refractivity contribution in [3.8, 4) is 39.5 Å². The first-order chi connectivity index (χ1) is 26.8. The van der Waals surface area contributed by atoms with E-state index in [0.717, 1.165) is 18.5 Å². The maximum absolute atomic E-state index is 15.7. The Morgan fingerprint density at radius 3 is 2.38 bits per heavy atom. The number of carbonyl (C=O) groups excluding carboxylic acids is 3. The number of nitrogens with one attached hydrogen (secondary N) is 2. The number of rotatable bonds is 10. The zero-order chi connectivity index (χ0) is 39.7. The Morgan fingerprint density at radius 1 is 0.964 bits per heavy atom. The molecule has 11 nitrogen and oxygen atoms in total. The zero-order valence-electron chi connectivity index (χ0n) is 31.9. The Kier molecular flexibility index (Phi) is 11.5. The molecule has 2 aromatic carbocycles. The minimum atomic E-state index is -0.711. The van der Waals surface area contributed by atoms with Gasteiger partial charge in [-0.05, 0) is 75.9 Å². The lowest BCUT2D eigenvalue weighted by molar-refractivity contribution is -0.120. The number of benzene rings is 2. The van der Waals surface area contributed by atoms with Crippen LogP contribution >= 0.6 is 23.2 Å². The van der Waals surface area contributed by atoms with Gasteiger partial charge in [0.15, 0.2) is 0 Å². The van der Waals surface area contributed by atoms with Gasteiger partial charge in [-0.15, -0.1) is 0 Å². The zero-order valence-corrected chi connectivity index (χ0v) is 33.4. The standard InChI is InChI=1S/C42H45Cl2FN6O5/c1-42(2,3)56-41(54)51(22-28-10-13-36(53)48-28)20-25-8-11-34(49-40(25)55-4)31-7-5-6-29(37(31)43)30-14-16-46-39(38(30)44)26-18-24-15-17-50(23-32(24)33(45)19-26)21-27-9-12-35(52)47-27/h5-8,11,14,16,18-19,27-28H,9-10,12-13,15,17,20-23H2,1-4H3,(H,47,52)(H,48,53)/t27-,28-/m0/s1. The number of hydrogen-bond donors (Lipinski definition) is 2. The Hall–Kier alpha value is -4.78. The van der Waals surface area contributed by atoms with Crippen molar-refractivity contribution in [2.45, 2.75) is 83.6 Å². The van der Waals surface area contributed by atoms with E-state index in [9.17, 15) is 14.4 Å². The van der Waals surface area contributed by atoms with Crippen LogP contribution in [0.3, 0.4) is 0 Å². The van der Waals surface area contributed by atoms with E-state index in [1.807, 2.05) is 36.4 Å². The van der Waals surface area contributed by atoms with Gasteiger partial charge >= 0.3 is 6.09 Å². The van der Waals surface area contributed by atoms with Crippen molar-refractivity contribution < 1.29 is 28.2 Å². The normalized spacial score (nSPS) is 18.3. The summed E-state index contributed by atoms with van der Waals surface area (Å²) in [7, 11) is 1.51. The van der Waals surface area contributed by atoms with Crippen LogP contribution in [0.1, 0.15) is 63.1 Å². The second-order valence-corrected chi connectivity index (χ2v) is 16.4. The second kappa shape index (κ2) is 16.4. The summed E-state index contributed by atoms with van der Waals surface area (Å²) in [4.78, 5) is 50.0. The van der Waals surface area contributed by atoms with E-state index in [2.05, 4.69) is 20.5 Å². The molecule has 3 aliphatic heterocycles. The van der Waals surface area contributed by atoms with Crippen molar-refractivity contribution in [1.29, 1.82) is 0 Å². The molecule has 3 amide bonds. The fourth-order valence-electron chi connectivity index (χ4n) is 7.62. The molecule has 5 heterocycles. The summed E-state index contributed by atoms with van der Waals surface area (Å²) in [5, 5.41) is 6.66. The molecule has 0 spiro atoms. The molecule has 7 rings (SSSR count). The van der Waals surface area contributed by atoms with Crippen LogP contribution in [0.2, 0.25) is 10.0 Å². The first-order valence-electron chi connectivity index (χ1n) is 18.8. The first kappa shape index (κ1) is 39.5. The van der Waals surface area contributed by atoms with Crippen molar-refractivity contribution in [3.63, 3.8) is 0 Å². The lowest BCUT2D eigenvalue weighted by Crippen LogP contribution is -2.43. The largest absolute Gasteiger partial charge is 0.481 e. The van der Waals surface area contributed by atoms with E-state index in [4.69, 9.17) is 37.7 Å². The van der Waals surface area contributed by atoms with Gasteiger partial charge in [-0.2, -0.15) is 0 Å². The highest BCUT2D eigenvalue weighted by Gasteiger charge is 2.30. The highest BCUT2D eigenvalue weighted by atomic mass is 35.5. The maximum Gasteiger partial charge on any atom is 0.410 e. The van der Waals surface area contributed by atoms with Gasteiger partial charge in [0.2, 0.25) is 17.7 Å². The molecule has 0 saturated carbocycles. The number of amides is 3. The Labute approximate surface area is 335 Å². The number of nitrogens with zero attached hydrogens (tertiary/aromatic N) is 4. The molecule has 2 N–H and O–H groups in total. The van der Waals surface area contributed by atoms with Crippen LogP contribution in [0.25, 0.3) is 33.6 Å². The number of methoxy groups -OCH3 is 1. The molecule has 2 atom stereocenters. The van der Waals surface area contributed by atoms with Crippen molar-refractivity contribution in [2.24, 2.45) is 0 Å². The van der Waals surface area contributed by atoms with Gasteiger partial charge in [0.1, 0.15) is 11.4 Å². The van der Waals surface area contributed by atoms with Crippen LogP contribution in [-0.4, -0.2) is 82.1 Å². The molecule has 2 fully saturated rings. The van der Waals surface area contributed by atoms with Crippen molar-refractivity contribution in [3.05, 3.63) is 87.3 Å². The van der Waals surface area contributed by atoms with Gasteiger partial charge in [-0.3, -0.25) is 19.5 Å². The summed E-state index contributed by atoms with van der Waals surface area (Å²) in [6.07, 6.45) is 4.17. The lowest BCUT2D eigenvalue weighted by atomic mass is 9.94. The first-order valence-corrected chi connectivity index (χ1v) is 19.6. The molecule has 0 unspecified atom stereocenters. The molecule has 0 radical (unpaired) electrons. The topological polar surface area (TPSA) is 126 Å². The van der Waals surface area contributed by atoms with E-state index in [-0.39, 0.29) is 42.8 Å². The summed E-state index contributed by atoms with van der Waals surface area (Å²) >= 11 is 14.2. The van der Waals surface area contributed by atoms with Crippen LogP contribution in [0.5, 0.6) is 5.88 Å². The molecule has 2 aromatic heterocycles. The third-order valence-corrected chi connectivity index (χ3v) is 11.1. The predicted molar refractivity (Wildman–Crippen MR) is 213 cm³/mol. The smallest absolute Gasteiger partial charge is 0.410 e. The molecular weight excluding hydrogens is 758 g/mol. The van der Waals surface area contributed by atoms with Crippen LogP contribution in [0, 0.1) is 5.82 Å². The second-order valence-electron chi connectivity index (χ2n) is 15.6. The van der Waals surface area contributed by atoms with E-state index in [1.54, 1.807) is 37.9 Å². The van der Waals surface area contributed by atoms with E-state index < -0.39 is 11.7 Å². The summed E-state index contributed by atoms with van der Waals surface area (Å²) < 4.78 is 27.2. The molecule has 14 heteroatoms. The molecule has 4 aromatic rings. The molecule has 0 bridgehead atoms. The van der Waals surface area contributed by atoms with Crippen LogP contribution in [0.15, 0.2) is 54.7 Å². The molecular formula is C42H45Cl2FN6O5. The number of fused-ring (bicyclic) bond motifs is 1. The van der Waals surface area contributed by atoms with Crippen LogP contribution < -0.4 is 15.4 Å². The van der Waals surface area contributed by atoms with Crippen molar-refractivity contribution in [2.75, 3.05) is 26.7 Å². The minimum absolute atomic E-state index is 0.0420. The van der Waals surface area contributed by atoms with Gasteiger partial charge < -0.3 is 25.0 Å². The number of hydrogen-bond acceptors (Lipinski definition) is 8. The molecule has 56 heavy (non-hydrogen) atoms. The van der Waals surface area contributed by atoms with Gasteiger partial charge in [0.05, 0.1) is 35.1 Å². The number of aromatic nitrogens is 2. The fourth-order valence-corrected chi connectivity index (χ4v) is 8.26. The number of halogens is 3. The Bertz CT molecular complexity index is 2180. The minimum Gasteiger partial charge on any atom is -0.481 e. The average Bonchev–Trinajstić information content (AvgIpc) is 3.77. The van der Waals surface area contributed by atoms with Gasteiger partial charge in [0, 0.05) is 90.7 Å². The van der Waals surface area contributed by atoms with E-state index in [1.165, 1.54) is 13.2 Å². The monoisotopic (exact) mass is 802 g/mol. The third kappa shape index (κ3) is 8.77. The highest BCUT2D eigenvalue weighted by molar-refractivity contribution is 6.39. The quantitative estimate of drug-likeness (QED) is 0.168. The Morgan fingerprint density at radius 2 is 1.68 bits per heavy atom. The van der Waals surface area contributed by atoms with Gasteiger partial charge in [-0.25, -0.2) is 14.2 Å². The molecule has 3 aliphatic rings.